The number of nitrogens with zero attached hydrogens (tertiary/aromatic N) is 1. The second-order valence-corrected chi connectivity index (χ2v) is 7.28. The molecule has 0 fully saturated rings. The summed E-state index contributed by atoms with van der Waals surface area (Å²) >= 11 is 16.4. The number of carbonyl (C=O) groups is 1. The average Bonchev–Trinajstić information content (AvgIpc) is 2.25. The molecule has 1 N–H and O–H groups in total. The first kappa shape index (κ1) is 16.0. The zero-order valence-electron chi connectivity index (χ0n) is 9.31. The largest absolute Gasteiger partial charge is 0.509 e. The lowest BCUT2D eigenvalue weighted by Gasteiger charge is -2.25. The molecule has 102 valence electrons. The smallest absolute Gasteiger partial charge is 0.445 e. The maximum absolute atomic E-state index is 11.6. The Bertz CT molecular complexity index is 369. The number of hydrogen-bond acceptors (Lipinski definition) is 3. The zero-order valence-corrected chi connectivity index (χ0v) is 12.5. The molecule has 0 saturated heterocycles. The highest BCUT2D eigenvalue weighted by molar-refractivity contribution is 7.38. The molecule has 0 spiro atoms. The topological polar surface area (TPSA) is 66.8 Å². The lowest BCUT2D eigenvalue weighted by atomic mass is 10.1. The van der Waals surface area contributed by atoms with Gasteiger partial charge in [0.2, 0.25) is 3.79 Å². The summed E-state index contributed by atoms with van der Waals surface area (Å²) in [6.45, 7) is 0.441. The predicted octanol–water partition coefficient (Wildman–Crippen LogP) is 2.86. The van der Waals surface area contributed by atoms with Crippen molar-refractivity contribution in [1.82, 2.24) is 4.90 Å². The Morgan fingerprint density at radius 3 is 2.67 bits per heavy atom. The van der Waals surface area contributed by atoms with Crippen LogP contribution in [0, 0.1) is 0 Å². The van der Waals surface area contributed by atoms with Gasteiger partial charge in [0.15, 0.2) is 6.16 Å². The summed E-state index contributed by atoms with van der Waals surface area (Å²) in [5, 5.41) is 0. The van der Waals surface area contributed by atoms with E-state index >= 15 is 0 Å². The fourth-order valence-corrected chi connectivity index (χ4v) is 2.23. The van der Waals surface area contributed by atoms with Gasteiger partial charge in [0, 0.05) is 13.1 Å². The highest BCUT2D eigenvalue weighted by atomic mass is 35.6. The first-order valence-corrected chi connectivity index (χ1v) is 7.61. The van der Waals surface area contributed by atoms with Gasteiger partial charge in [-0.1, -0.05) is 40.9 Å². The molecular weight excluding hydrogens is 323 g/mol. The minimum atomic E-state index is -2.18. The highest BCUT2D eigenvalue weighted by Crippen LogP contribution is 2.27. The Morgan fingerprint density at radius 1 is 1.56 bits per heavy atom. The SMILES string of the molecule is O=C(OCC(Cl)(Cl)Cl)N1CC=C(C[P+](=O)O)CC1. The molecule has 0 aliphatic carbocycles. The molecule has 1 aliphatic rings. The molecule has 0 aromatic rings. The molecule has 1 atom stereocenters. The molecule has 0 saturated carbocycles. The van der Waals surface area contributed by atoms with Crippen LogP contribution < -0.4 is 0 Å². The van der Waals surface area contributed by atoms with Crippen molar-refractivity contribution < 1.29 is 19.0 Å². The Kier molecular flexibility index (Phi) is 6.15. The van der Waals surface area contributed by atoms with Crippen molar-refractivity contribution in [2.45, 2.75) is 10.2 Å². The number of hydrogen-bond donors (Lipinski definition) is 1. The molecule has 0 aromatic heterocycles. The van der Waals surface area contributed by atoms with E-state index < -0.39 is 17.9 Å². The fourth-order valence-electron chi connectivity index (χ4n) is 1.43. The summed E-state index contributed by atoms with van der Waals surface area (Å²) in [5.41, 5.74) is 0.865. The second kappa shape index (κ2) is 6.92. The van der Waals surface area contributed by atoms with Crippen LogP contribution in [0.1, 0.15) is 6.42 Å². The number of ether oxygens (including phenoxy) is 1. The normalized spacial score (nSPS) is 17.2. The molecule has 0 radical (unpaired) electrons. The van der Waals surface area contributed by atoms with E-state index in [1.165, 1.54) is 4.90 Å². The van der Waals surface area contributed by atoms with E-state index in [1.807, 2.05) is 0 Å². The van der Waals surface area contributed by atoms with Crippen LogP contribution >= 0.6 is 42.8 Å². The van der Waals surface area contributed by atoms with Gasteiger partial charge in [0.1, 0.15) is 6.61 Å². The summed E-state index contributed by atoms with van der Waals surface area (Å²) in [6, 6.07) is 0. The maximum atomic E-state index is 11.6. The number of amides is 1. The second-order valence-electron chi connectivity index (χ2n) is 3.74. The van der Waals surface area contributed by atoms with Gasteiger partial charge in [-0.15, -0.1) is 0 Å². The molecule has 1 rings (SSSR count). The monoisotopic (exact) mass is 334 g/mol. The van der Waals surface area contributed by atoms with E-state index in [1.54, 1.807) is 6.08 Å². The third-order valence-corrected chi connectivity index (χ3v) is 3.26. The van der Waals surface area contributed by atoms with Crippen LogP contribution in [-0.4, -0.2) is 45.5 Å². The fraction of sp³-hybridized carbons (Fsp3) is 0.667. The molecule has 9 heteroatoms. The summed E-state index contributed by atoms with van der Waals surface area (Å²) in [6.07, 6.45) is 1.87. The highest BCUT2D eigenvalue weighted by Gasteiger charge is 2.26. The van der Waals surface area contributed by atoms with Gasteiger partial charge in [-0.2, -0.15) is 4.89 Å². The third-order valence-electron chi connectivity index (χ3n) is 2.26. The van der Waals surface area contributed by atoms with E-state index in [9.17, 15) is 9.36 Å². The maximum Gasteiger partial charge on any atom is 0.509 e. The van der Waals surface area contributed by atoms with Crippen LogP contribution in [0.2, 0.25) is 0 Å². The van der Waals surface area contributed by atoms with Gasteiger partial charge in [0.25, 0.3) is 0 Å². The van der Waals surface area contributed by atoms with Crippen molar-refractivity contribution in [2.75, 3.05) is 25.9 Å². The lowest BCUT2D eigenvalue weighted by molar-refractivity contribution is 0.107. The lowest BCUT2D eigenvalue weighted by Crippen LogP contribution is -2.36. The van der Waals surface area contributed by atoms with Crippen molar-refractivity contribution in [3.05, 3.63) is 11.6 Å². The molecule has 1 unspecified atom stereocenters. The van der Waals surface area contributed by atoms with Crippen LogP contribution in [0.15, 0.2) is 11.6 Å². The third kappa shape index (κ3) is 6.21. The summed E-state index contributed by atoms with van der Waals surface area (Å²) in [7, 11) is -2.18. The van der Waals surface area contributed by atoms with Crippen LogP contribution in [0.5, 0.6) is 0 Å². The molecule has 0 bridgehead atoms. The molecular formula is C9H12Cl3NO4P+. The Balaban J connectivity index is 2.40. The minimum Gasteiger partial charge on any atom is -0.445 e. The van der Waals surface area contributed by atoms with Crippen LogP contribution in [0.3, 0.4) is 0 Å². The van der Waals surface area contributed by atoms with Crippen LogP contribution in [0.25, 0.3) is 0 Å². The number of halogens is 3. The minimum absolute atomic E-state index is 0.145. The average molecular weight is 336 g/mol. The predicted molar refractivity (Wildman–Crippen MR) is 70.6 cm³/mol. The Morgan fingerprint density at radius 2 is 2.22 bits per heavy atom. The number of alkyl halides is 3. The van der Waals surface area contributed by atoms with Crippen molar-refractivity contribution >= 4 is 48.9 Å². The summed E-state index contributed by atoms with van der Waals surface area (Å²) in [4.78, 5) is 21.8. The van der Waals surface area contributed by atoms with E-state index in [0.29, 0.717) is 19.5 Å². The molecule has 1 aliphatic heterocycles. The molecule has 0 aromatic carbocycles. The number of rotatable bonds is 3. The Labute approximate surface area is 120 Å². The van der Waals surface area contributed by atoms with Crippen molar-refractivity contribution in [1.29, 1.82) is 0 Å². The van der Waals surface area contributed by atoms with Gasteiger partial charge < -0.3 is 9.64 Å². The first-order valence-electron chi connectivity index (χ1n) is 5.08. The van der Waals surface area contributed by atoms with Crippen molar-refractivity contribution in [3.63, 3.8) is 0 Å². The van der Waals surface area contributed by atoms with E-state index in [0.717, 1.165) is 5.57 Å². The van der Waals surface area contributed by atoms with Gasteiger partial charge in [-0.25, -0.2) is 4.79 Å². The van der Waals surface area contributed by atoms with Gasteiger partial charge >= 0.3 is 14.1 Å². The van der Waals surface area contributed by atoms with Gasteiger partial charge in [-0.05, 0) is 16.6 Å². The molecule has 5 nitrogen and oxygen atoms in total. The molecule has 18 heavy (non-hydrogen) atoms. The van der Waals surface area contributed by atoms with Crippen molar-refractivity contribution in [3.8, 4) is 0 Å². The van der Waals surface area contributed by atoms with E-state index in [4.69, 9.17) is 44.4 Å². The van der Waals surface area contributed by atoms with Gasteiger partial charge in [0.05, 0.1) is 0 Å². The Hall–Kier alpha value is -0.0600. The van der Waals surface area contributed by atoms with Crippen LogP contribution in [-0.2, 0) is 9.30 Å². The summed E-state index contributed by atoms with van der Waals surface area (Å²) in [5.74, 6) is 0. The van der Waals surface area contributed by atoms with Gasteiger partial charge in [-0.3, -0.25) is 0 Å². The van der Waals surface area contributed by atoms with Crippen LogP contribution in [0.4, 0.5) is 4.79 Å². The van der Waals surface area contributed by atoms with E-state index in [2.05, 4.69) is 0 Å². The standard InChI is InChI=1S/C9H11Cl3NO4P/c10-9(11,12)6-17-8(14)13-3-1-7(2-4-13)5-18(15)16/h1H,2-6H2/p+1. The first-order chi connectivity index (χ1) is 8.28. The quantitative estimate of drug-likeness (QED) is 0.489. The summed E-state index contributed by atoms with van der Waals surface area (Å²) < 4.78 is 13.8. The molecule has 1 heterocycles. The molecule has 1 amide bonds. The van der Waals surface area contributed by atoms with Crippen molar-refractivity contribution in [2.24, 2.45) is 0 Å². The number of carbonyl (C=O) groups excluding carboxylic acids is 1. The zero-order chi connectivity index (χ0) is 13.8. The van der Waals surface area contributed by atoms with E-state index in [-0.39, 0.29) is 12.8 Å².